The van der Waals surface area contributed by atoms with Gasteiger partial charge < -0.3 is 10.1 Å². The number of carbonyl (C=O) groups is 1. The average molecular weight is 181 g/mol. The molecule has 0 aliphatic heterocycles. The van der Waals surface area contributed by atoms with E-state index in [1.165, 1.54) is 26.1 Å². The molecule has 2 N–H and O–H groups in total. The third-order valence-electron chi connectivity index (χ3n) is 2.03. The number of rotatable bonds is 2. The van der Waals surface area contributed by atoms with Gasteiger partial charge in [-0.1, -0.05) is 6.07 Å². The van der Waals surface area contributed by atoms with Gasteiger partial charge >= 0.3 is 5.97 Å². The lowest BCUT2D eigenvalue weighted by atomic mass is 9.86. The van der Waals surface area contributed by atoms with Gasteiger partial charge in [0.25, 0.3) is 5.56 Å². The first-order chi connectivity index (χ1) is 5.96. The second-order valence-electron chi connectivity index (χ2n) is 3.34. The molecular formula is C9H11NO3. The van der Waals surface area contributed by atoms with Crippen LogP contribution in [0.5, 0.6) is 0 Å². The maximum absolute atomic E-state index is 11.3. The number of aromatic nitrogens is 1. The predicted octanol–water partition coefficient (Wildman–Crippen LogP) is 0.737. The summed E-state index contributed by atoms with van der Waals surface area (Å²) in [6.07, 6.45) is 1.48. The van der Waals surface area contributed by atoms with E-state index in [-0.39, 0.29) is 11.1 Å². The van der Waals surface area contributed by atoms with E-state index in [1.807, 2.05) is 0 Å². The van der Waals surface area contributed by atoms with Crippen molar-refractivity contribution in [2.75, 3.05) is 0 Å². The number of hydrogen-bond donors (Lipinski definition) is 2. The minimum Gasteiger partial charge on any atom is -0.481 e. The van der Waals surface area contributed by atoms with E-state index in [4.69, 9.17) is 5.11 Å². The summed E-state index contributed by atoms with van der Waals surface area (Å²) < 4.78 is 0. The molecule has 0 spiro atoms. The molecule has 0 atom stereocenters. The number of pyridine rings is 1. The Morgan fingerprint density at radius 3 is 2.62 bits per heavy atom. The van der Waals surface area contributed by atoms with Crippen LogP contribution in [0.1, 0.15) is 19.4 Å². The Bertz CT molecular complexity index is 378. The number of hydrogen-bond acceptors (Lipinski definition) is 2. The van der Waals surface area contributed by atoms with E-state index in [0.29, 0.717) is 0 Å². The summed E-state index contributed by atoms with van der Waals surface area (Å²) in [6.45, 7) is 3.00. The van der Waals surface area contributed by atoms with Gasteiger partial charge in [-0.05, 0) is 19.9 Å². The first kappa shape index (κ1) is 9.51. The smallest absolute Gasteiger partial charge is 0.313 e. The molecule has 0 bridgehead atoms. The quantitative estimate of drug-likeness (QED) is 0.706. The highest BCUT2D eigenvalue weighted by molar-refractivity contribution is 5.79. The first-order valence-corrected chi connectivity index (χ1v) is 3.88. The number of carboxylic acids is 1. The topological polar surface area (TPSA) is 70.2 Å². The van der Waals surface area contributed by atoms with Crippen LogP contribution in [-0.2, 0) is 10.2 Å². The molecular weight excluding hydrogens is 170 g/mol. The van der Waals surface area contributed by atoms with E-state index in [9.17, 15) is 9.59 Å². The molecule has 1 rings (SSSR count). The van der Waals surface area contributed by atoms with Crippen molar-refractivity contribution in [1.29, 1.82) is 0 Å². The molecule has 4 nitrogen and oxygen atoms in total. The fourth-order valence-corrected chi connectivity index (χ4v) is 1.03. The van der Waals surface area contributed by atoms with Crippen LogP contribution in [0.25, 0.3) is 0 Å². The zero-order chi connectivity index (χ0) is 10.1. The van der Waals surface area contributed by atoms with Crippen molar-refractivity contribution in [1.82, 2.24) is 4.98 Å². The van der Waals surface area contributed by atoms with Gasteiger partial charge in [-0.15, -0.1) is 0 Å². The van der Waals surface area contributed by atoms with E-state index in [1.54, 1.807) is 6.07 Å². The molecule has 0 aromatic carbocycles. The monoisotopic (exact) mass is 181 g/mol. The molecule has 0 saturated heterocycles. The molecule has 0 saturated carbocycles. The van der Waals surface area contributed by atoms with E-state index in [2.05, 4.69) is 4.98 Å². The Hall–Kier alpha value is -1.58. The van der Waals surface area contributed by atoms with Crippen LogP contribution in [0.15, 0.2) is 23.1 Å². The molecule has 4 heteroatoms. The second-order valence-corrected chi connectivity index (χ2v) is 3.34. The van der Waals surface area contributed by atoms with Crippen LogP contribution in [0, 0.1) is 0 Å². The van der Waals surface area contributed by atoms with Crippen molar-refractivity contribution in [3.63, 3.8) is 0 Å². The van der Waals surface area contributed by atoms with Gasteiger partial charge in [0.1, 0.15) is 0 Å². The maximum atomic E-state index is 11.3. The number of H-pyrrole nitrogens is 1. The summed E-state index contributed by atoms with van der Waals surface area (Å²) in [6, 6.07) is 3.13. The largest absolute Gasteiger partial charge is 0.481 e. The lowest BCUT2D eigenvalue weighted by molar-refractivity contribution is -0.142. The summed E-state index contributed by atoms with van der Waals surface area (Å²) in [5.74, 6) is -1.01. The lowest BCUT2D eigenvalue weighted by Crippen LogP contribution is -2.34. The zero-order valence-electron chi connectivity index (χ0n) is 7.50. The van der Waals surface area contributed by atoms with Crippen LogP contribution in [0.2, 0.25) is 0 Å². The maximum Gasteiger partial charge on any atom is 0.313 e. The van der Waals surface area contributed by atoms with Crippen molar-refractivity contribution in [3.8, 4) is 0 Å². The van der Waals surface area contributed by atoms with Crippen molar-refractivity contribution >= 4 is 5.97 Å². The van der Waals surface area contributed by atoms with Crippen molar-refractivity contribution in [2.45, 2.75) is 19.3 Å². The van der Waals surface area contributed by atoms with Crippen LogP contribution in [0.3, 0.4) is 0 Å². The van der Waals surface area contributed by atoms with Gasteiger partial charge in [0, 0.05) is 11.8 Å². The van der Waals surface area contributed by atoms with Crippen LogP contribution >= 0.6 is 0 Å². The Morgan fingerprint density at radius 1 is 1.54 bits per heavy atom. The van der Waals surface area contributed by atoms with Crippen molar-refractivity contribution in [2.24, 2.45) is 0 Å². The molecule has 0 fully saturated rings. The third-order valence-corrected chi connectivity index (χ3v) is 2.03. The molecule has 13 heavy (non-hydrogen) atoms. The molecule has 70 valence electrons. The fraction of sp³-hybridized carbons (Fsp3) is 0.333. The third kappa shape index (κ3) is 1.61. The van der Waals surface area contributed by atoms with E-state index in [0.717, 1.165) is 0 Å². The SMILES string of the molecule is CC(C)(C(=O)O)c1ccc[nH]c1=O. The Morgan fingerprint density at radius 2 is 2.15 bits per heavy atom. The fourth-order valence-electron chi connectivity index (χ4n) is 1.03. The van der Waals surface area contributed by atoms with Crippen LogP contribution in [0.4, 0.5) is 0 Å². The number of aromatic amines is 1. The minimum atomic E-state index is -1.14. The molecule has 0 aliphatic rings. The molecule has 1 aromatic rings. The summed E-state index contributed by atoms with van der Waals surface area (Å²) in [5, 5.41) is 8.87. The molecule has 0 unspecified atom stereocenters. The van der Waals surface area contributed by atoms with Crippen LogP contribution < -0.4 is 5.56 Å². The first-order valence-electron chi connectivity index (χ1n) is 3.88. The van der Waals surface area contributed by atoms with Gasteiger partial charge in [0.15, 0.2) is 0 Å². The summed E-state index contributed by atoms with van der Waals surface area (Å²) in [5.41, 5.74) is -1.23. The summed E-state index contributed by atoms with van der Waals surface area (Å²) in [7, 11) is 0. The Kier molecular flexibility index (Phi) is 2.23. The summed E-state index contributed by atoms with van der Waals surface area (Å²) >= 11 is 0. The number of carboxylic acid groups (broad SMARTS) is 1. The van der Waals surface area contributed by atoms with Gasteiger partial charge in [0.05, 0.1) is 5.41 Å². The molecule has 1 heterocycles. The highest BCUT2D eigenvalue weighted by Gasteiger charge is 2.31. The molecule has 1 aromatic heterocycles. The van der Waals surface area contributed by atoms with E-state index >= 15 is 0 Å². The number of aliphatic carboxylic acids is 1. The molecule has 0 amide bonds. The zero-order valence-corrected chi connectivity index (χ0v) is 7.50. The lowest BCUT2D eigenvalue weighted by Gasteiger charge is -2.17. The number of nitrogens with one attached hydrogen (secondary N) is 1. The normalized spacial score (nSPS) is 11.2. The summed E-state index contributed by atoms with van der Waals surface area (Å²) in [4.78, 5) is 24.5. The highest BCUT2D eigenvalue weighted by atomic mass is 16.4. The van der Waals surface area contributed by atoms with Gasteiger partial charge in [0.2, 0.25) is 0 Å². The minimum absolute atomic E-state index is 0.266. The Balaban J connectivity index is 3.30. The van der Waals surface area contributed by atoms with Gasteiger partial charge in [-0.2, -0.15) is 0 Å². The second kappa shape index (κ2) is 3.05. The van der Waals surface area contributed by atoms with Crippen molar-refractivity contribution < 1.29 is 9.90 Å². The molecule has 0 aliphatic carbocycles. The standard InChI is InChI=1S/C9H11NO3/c1-9(2,8(12)13)6-4-3-5-10-7(6)11/h3-5H,1-2H3,(H,10,11)(H,12,13). The van der Waals surface area contributed by atoms with E-state index < -0.39 is 11.4 Å². The Labute approximate surface area is 75.2 Å². The highest BCUT2D eigenvalue weighted by Crippen LogP contribution is 2.18. The van der Waals surface area contributed by atoms with Crippen molar-refractivity contribution in [3.05, 3.63) is 34.2 Å². The predicted molar refractivity (Wildman–Crippen MR) is 47.7 cm³/mol. The van der Waals surface area contributed by atoms with Gasteiger partial charge in [-0.3, -0.25) is 9.59 Å². The molecule has 0 radical (unpaired) electrons. The average Bonchev–Trinajstić information content (AvgIpc) is 2.04. The van der Waals surface area contributed by atoms with Crippen LogP contribution in [-0.4, -0.2) is 16.1 Å². The van der Waals surface area contributed by atoms with Gasteiger partial charge in [-0.25, -0.2) is 0 Å².